The Hall–Kier alpha value is -3.10. The molecule has 3 rings (SSSR count). The minimum Gasteiger partial charge on any atom is -0.478 e. The van der Waals surface area contributed by atoms with Gasteiger partial charge >= 0.3 is 5.97 Å². The first-order chi connectivity index (χ1) is 16.8. The van der Waals surface area contributed by atoms with Gasteiger partial charge in [0.2, 0.25) is 11.6 Å². The number of carbonyl (C=O) groups excluding carboxylic acids is 1. The zero-order chi connectivity index (χ0) is 25.4. The highest BCUT2D eigenvalue weighted by Crippen LogP contribution is 2.24. The number of anilines is 2. The summed E-state index contributed by atoms with van der Waals surface area (Å²) in [6.45, 7) is 2.11. The fourth-order valence-electron chi connectivity index (χ4n) is 3.53. The highest BCUT2D eigenvalue weighted by atomic mass is 35.5. The van der Waals surface area contributed by atoms with E-state index in [2.05, 4.69) is 16.9 Å². The van der Waals surface area contributed by atoms with E-state index < -0.39 is 22.6 Å². The van der Waals surface area contributed by atoms with Crippen molar-refractivity contribution in [1.29, 1.82) is 0 Å². The summed E-state index contributed by atoms with van der Waals surface area (Å²) >= 11 is 5.94. The van der Waals surface area contributed by atoms with Crippen molar-refractivity contribution in [3.05, 3.63) is 82.4 Å². The van der Waals surface area contributed by atoms with Crippen LogP contribution in [0.3, 0.4) is 0 Å². The van der Waals surface area contributed by atoms with Gasteiger partial charge in [0.25, 0.3) is 0 Å². The molecule has 3 aromatic rings. The van der Waals surface area contributed by atoms with Crippen molar-refractivity contribution in [3.63, 3.8) is 0 Å². The van der Waals surface area contributed by atoms with Crippen LogP contribution in [-0.2, 0) is 16.6 Å². The molecule has 1 atom stereocenters. The van der Waals surface area contributed by atoms with Crippen molar-refractivity contribution in [3.8, 4) is 0 Å². The summed E-state index contributed by atoms with van der Waals surface area (Å²) in [5, 5.41) is 10.3. The summed E-state index contributed by atoms with van der Waals surface area (Å²) in [5.74, 6) is -1.02. The van der Waals surface area contributed by atoms with Crippen molar-refractivity contribution in [1.82, 2.24) is 9.97 Å². The lowest BCUT2D eigenvalue weighted by Gasteiger charge is -2.18. The van der Waals surface area contributed by atoms with E-state index in [-0.39, 0.29) is 22.7 Å². The van der Waals surface area contributed by atoms with Crippen LogP contribution in [0.1, 0.15) is 64.7 Å². The van der Waals surface area contributed by atoms with Gasteiger partial charge in [-0.05, 0) is 42.3 Å². The minimum atomic E-state index is -1.17. The molecule has 0 spiro atoms. The Morgan fingerprint density at radius 1 is 1.00 bits per heavy atom. The van der Waals surface area contributed by atoms with Crippen LogP contribution in [0.2, 0.25) is 5.02 Å². The molecule has 0 amide bonds. The largest absolute Gasteiger partial charge is 0.478 e. The van der Waals surface area contributed by atoms with E-state index in [9.17, 15) is 18.9 Å². The number of hydrogen-bond acceptors (Lipinski definition) is 6. The summed E-state index contributed by atoms with van der Waals surface area (Å²) in [7, 11) is 0.678. The van der Waals surface area contributed by atoms with Crippen molar-refractivity contribution in [2.24, 2.45) is 0 Å². The Kier molecular flexibility index (Phi) is 9.51. The molecule has 184 valence electrons. The quantitative estimate of drug-likeness (QED) is 0.246. The number of nitrogens with zero attached hydrogens (tertiary/aromatic N) is 3. The molecule has 1 aromatic heterocycles. The Morgan fingerprint density at radius 2 is 1.69 bits per heavy atom. The molecule has 9 heteroatoms. The molecule has 1 heterocycles. The number of aromatic nitrogens is 2. The zero-order valence-corrected chi connectivity index (χ0v) is 21.3. The molecular formula is C26H28ClN3O4S. The third kappa shape index (κ3) is 7.19. The van der Waals surface area contributed by atoms with Gasteiger partial charge in [0, 0.05) is 45.6 Å². The van der Waals surface area contributed by atoms with Gasteiger partial charge in [-0.2, -0.15) is 0 Å². The number of halogens is 1. The Morgan fingerprint density at radius 3 is 2.31 bits per heavy atom. The van der Waals surface area contributed by atoms with Gasteiger partial charge in [0.1, 0.15) is 0 Å². The maximum absolute atomic E-state index is 12.9. The van der Waals surface area contributed by atoms with E-state index in [1.165, 1.54) is 24.5 Å². The third-order valence-corrected chi connectivity index (χ3v) is 7.22. The molecule has 0 bridgehead atoms. The second-order valence-corrected chi connectivity index (χ2v) is 10.2. The number of ketones is 1. The van der Waals surface area contributed by atoms with Crippen molar-refractivity contribution in [2.75, 3.05) is 17.7 Å². The van der Waals surface area contributed by atoms with E-state index >= 15 is 0 Å². The number of benzene rings is 2. The van der Waals surface area contributed by atoms with Crippen LogP contribution in [-0.4, -0.2) is 43.8 Å². The van der Waals surface area contributed by atoms with E-state index in [0.29, 0.717) is 22.0 Å². The second-order valence-electron chi connectivity index (χ2n) is 8.16. The molecule has 0 aliphatic carbocycles. The predicted octanol–water partition coefficient (Wildman–Crippen LogP) is 5.66. The molecule has 1 unspecified atom stereocenters. The smallest absolute Gasteiger partial charge is 0.336 e. The zero-order valence-electron chi connectivity index (χ0n) is 19.7. The van der Waals surface area contributed by atoms with E-state index in [0.717, 1.165) is 31.4 Å². The third-order valence-electron chi connectivity index (χ3n) is 5.59. The van der Waals surface area contributed by atoms with Crippen LogP contribution >= 0.6 is 11.6 Å². The summed E-state index contributed by atoms with van der Waals surface area (Å²) in [6, 6.07) is 11.7. The molecule has 7 nitrogen and oxygen atoms in total. The average Bonchev–Trinajstić information content (AvgIpc) is 2.86. The lowest BCUT2D eigenvalue weighted by molar-refractivity contribution is 0.0696. The van der Waals surface area contributed by atoms with E-state index in [1.54, 1.807) is 18.2 Å². The first-order valence-corrected chi connectivity index (χ1v) is 13.2. The number of hydrogen-bond donors (Lipinski definition) is 1. The van der Waals surface area contributed by atoms with Gasteiger partial charge in [-0.25, -0.2) is 14.8 Å². The SMILES string of the molecule is CCCCCCS(=O)Cc1ccc(C(=O)c2ncc(N(C)c3ccc(Cl)cc3)cn2)cc1C(=O)O. The number of unbranched alkanes of at least 4 members (excludes halogenated alkanes) is 3. The molecule has 0 fully saturated rings. The fourth-order valence-corrected chi connectivity index (χ4v) is 4.93. The van der Waals surface area contributed by atoms with Crippen LogP contribution in [0.5, 0.6) is 0 Å². The molecule has 0 saturated carbocycles. The highest BCUT2D eigenvalue weighted by Gasteiger charge is 2.19. The first-order valence-electron chi connectivity index (χ1n) is 11.4. The van der Waals surface area contributed by atoms with E-state index in [1.807, 2.05) is 24.1 Å². The molecule has 2 aromatic carbocycles. The maximum atomic E-state index is 12.9. The van der Waals surface area contributed by atoms with Gasteiger partial charge in [-0.15, -0.1) is 0 Å². The van der Waals surface area contributed by atoms with Crippen molar-refractivity contribution in [2.45, 2.75) is 38.4 Å². The predicted molar refractivity (Wildman–Crippen MR) is 139 cm³/mol. The number of rotatable bonds is 12. The Bertz CT molecular complexity index is 1200. The normalized spacial score (nSPS) is 11.7. The number of carbonyl (C=O) groups is 2. The molecule has 0 aliphatic heterocycles. The standard InChI is InChI=1S/C26H28ClN3O4S/c1-3-4-5-6-13-35(34)17-19-8-7-18(14-23(19)26(32)33)24(31)25-28-15-22(16-29-25)30(2)21-11-9-20(27)10-12-21/h7-12,14-16H,3-6,13,17H2,1-2H3,(H,32,33). The van der Waals surface area contributed by atoms with Gasteiger partial charge in [0.15, 0.2) is 0 Å². The van der Waals surface area contributed by atoms with Crippen LogP contribution < -0.4 is 4.90 Å². The van der Waals surface area contributed by atoms with E-state index in [4.69, 9.17) is 11.6 Å². The Labute approximate surface area is 212 Å². The highest BCUT2D eigenvalue weighted by molar-refractivity contribution is 7.84. The lowest BCUT2D eigenvalue weighted by atomic mass is 10.0. The van der Waals surface area contributed by atoms with Gasteiger partial charge < -0.3 is 10.0 Å². The molecule has 0 radical (unpaired) electrons. The number of carboxylic acids is 1. The molecule has 0 aliphatic rings. The molecular weight excluding hydrogens is 486 g/mol. The average molecular weight is 514 g/mol. The van der Waals surface area contributed by atoms with Crippen LogP contribution in [0.15, 0.2) is 54.9 Å². The van der Waals surface area contributed by atoms with Crippen molar-refractivity contribution < 1.29 is 18.9 Å². The topological polar surface area (TPSA) is 100 Å². The monoisotopic (exact) mass is 513 g/mol. The summed E-state index contributed by atoms with van der Waals surface area (Å²) in [5.41, 5.74) is 2.13. The van der Waals surface area contributed by atoms with Gasteiger partial charge in [-0.3, -0.25) is 9.00 Å². The fraction of sp³-hybridized carbons (Fsp3) is 0.308. The number of carboxylic acid groups (broad SMARTS) is 1. The summed E-state index contributed by atoms with van der Waals surface area (Å²) < 4.78 is 12.4. The molecule has 0 saturated heterocycles. The Balaban J connectivity index is 1.73. The van der Waals surface area contributed by atoms with Crippen LogP contribution in [0.4, 0.5) is 11.4 Å². The maximum Gasteiger partial charge on any atom is 0.336 e. The summed E-state index contributed by atoms with van der Waals surface area (Å²) in [6.07, 6.45) is 7.10. The minimum absolute atomic E-state index is 0.0307. The van der Waals surface area contributed by atoms with Gasteiger partial charge in [0.05, 0.1) is 23.6 Å². The number of aromatic carboxylic acids is 1. The molecule has 1 N–H and O–H groups in total. The summed E-state index contributed by atoms with van der Waals surface area (Å²) in [4.78, 5) is 35.0. The second kappa shape index (κ2) is 12.6. The van der Waals surface area contributed by atoms with Gasteiger partial charge in [-0.1, -0.05) is 49.9 Å². The van der Waals surface area contributed by atoms with Crippen LogP contribution in [0.25, 0.3) is 0 Å². The van der Waals surface area contributed by atoms with Crippen LogP contribution in [0, 0.1) is 0 Å². The van der Waals surface area contributed by atoms with Crippen molar-refractivity contribution >= 4 is 45.5 Å². The molecule has 35 heavy (non-hydrogen) atoms. The first kappa shape index (κ1) is 26.5. The lowest BCUT2D eigenvalue weighted by Crippen LogP contribution is -2.14.